The van der Waals surface area contributed by atoms with E-state index in [9.17, 15) is 84.9 Å². The number of esters is 5. The third-order valence-corrected chi connectivity index (χ3v) is 9.08. The highest BCUT2D eigenvalue weighted by molar-refractivity contribution is 5.97. The van der Waals surface area contributed by atoms with Crippen LogP contribution >= 0.6 is 0 Å². The van der Waals surface area contributed by atoms with Crippen LogP contribution in [-0.4, -0.2) is 135 Å². The fraction of sp³-hybridized carbons (Fsp3) is 0.294. The van der Waals surface area contributed by atoms with Gasteiger partial charge in [-0.2, -0.15) is 0 Å². The van der Waals surface area contributed by atoms with Crippen LogP contribution in [0.2, 0.25) is 0 Å². The van der Waals surface area contributed by atoms with Crippen LogP contribution in [0.1, 0.15) is 49.0 Å². The number of phenolic OH excluding ortho intramolecular Hbond substituents is 8. The Hall–Kier alpha value is -7.24. The van der Waals surface area contributed by atoms with Crippen LogP contribution in [0.5, 0.6) is 51.7 Å². The van der Waals surface area contributed by atoms with Crippen molar-refractivity contribution in [2.45, 2.75) is 49.1 Å². The number of phenols is 8. The molecule has 8 atom stereocenters. The number of ether oxygens (including phenoxy) is 6. The number of aromatic hydroxyl groups is 8. The Kier molecular flexibility index (Phi) is 10.2. The number of hydrogen-bond acceptors (Lipinski definition) is 22. The lowest BCUT2D eigenvalue weighted by atomic mass is 9.76. The van der Waals surface area contributed by atoms with E-state index >= 15 is 0 Å². The summed E-state index contributed by atoms with van der Waals surface area (Å²) in [6.07, 6.45) is -15.1. The van der Waals surface area contributed by atoms with Crippen molar-refractivity contribution in [2.24, 2.45) is 5.92 Å². The Bertz CT molecular complexity index is 2170. The van der Waals surface area contributed by atoms with Gasteiger partial charge < -0.3 is 84.6 Å². The van der Waals surface area contributed by atoms with Crippen LogP contribution in [0.15, 0.2) is 30.3 Å². The third-order valence-electron chi connectivity index (χ3n) is 9.08. The Morgan fingerprint density at radius 3 is 1.79 bits per heavy atom. The van der Waals surface area contributed by atoms with Gasteiger partial charge in [0, 0.05) is 11.5 Å². The number of carbonyl (C=O) groups excluding carboxylic acids is 5. The average molecular weight is 805 g/mol. The minimum absolute atomic E-state index is 0.522. The monoisotopic (exact) mass is 804 g/mol. The Morgan fingerprint density at radius 2 is 1.23 bits per heavy atom. The molecular weight excluding hydrogens is 776 g/mol. The molecule has 3 aliphatic rings. The number of carboxylic acids is 1. The van der Waals surface area contributed by atoms with Gasteiger partial charge >= 0.3 is 35.8 Å². The number of carbonyl (C=O) groups is 6. The normalized spacial score (nSPS) is 25.4. The number of aliphatic carboxylic acids is 1. The second-order valence-corrected chi connectivity index (χ2v) is 12.7. The van der Waals surface area contributed by atoms with Crippen molar-refractivity contribution in [3.05, 3.63) is 52.6 Å². The van der Waals surface area contributed by atoms with Gasteiger partial charge in [0.05, 0.1) is 29.0 Å². The maximum atomic E-state index is 14.2. The van der Waals surface area contributed by atoms with E-state index < -0.39 is 171 Å². The summed E-state index contributed by atoms with van der Waals surface area (Å²) in [4.78, 5) is 79.5. The van der Waals surface area contributed by atoms with E-state index in [-0.39, 0.29) is 0 Å². The number of benzene rings is 3. The van der Waals surface area contributed by atoms with Crippen molar-refractivity contribution < 1.29 is 113 Å². The van der Waals surface area contributed by atoms with Gasteiger partial charge in [-0.25, -0.2) is 19.2 Å². The largest absolute Gasteiger partial charge is 0.504 e. The van der Waals surface area contributed by atoms with E-state index in [0.717, 1.165) is 0 Å². The van der Waals surface area contributed by atoms with Crippen LogP contribution in [0.25, 0.3) is 0 Å². The molecule has 3 aromatic rings. The predicted octanol–water partition coefficient (Wildman–Crippen LogP) is -0.964. The summed E-state index contributed by atoms with van der Waals surface area (Å²) in [5.41, 5.74) is -2.94. The molecule has 3 aromatic carbocycles. The zero-order valence-electron chi connectivity index (χ0n) is 28.2. The second-order valence-electron chi connectivity index (χ2n) is 12.7. The van der Waals surface area contributed by atoms with E-state index in [4.69, 9.17) is 28.4 Å². The molecule has 0 radical (unpaired) electrons. The molecule has 23 nitrogen and oxygen atoms in total. The molecule has 1 fully saturated rings. The smallest absolute Gasteiger partial charge is 0.341 e. The Labute approximate surface area is 315 Å². The highest BCUT2D eigenvalue weighted by atomic mass is 16.7. The Morgan fingerprint density at radius 1 is 0.684 bits per heavy atom. The first-order valence-electron chi connectivity index (χ1n) is 16.1. The molecule has 0 amide bonds. The van der Waals surface area contributed by atoms with Crippen molar-refractivity contribution in [3.8, 4) is 51.7 Å². The van der Waals surface area contributed by atoms with Crippen LogP contribution in [0, 0.1) is 5.92 Å². The minimum atomic E-state index is -2.47. The van der Waals surface area contributed by atoms with Gasteiger partial charge in [0.25, 0.3) is 0 Å². The molecule has 11 N–H and O–H groups in total. The molecule has 302 valence electrons. The summed E-state index contributed by atoms with van der Waals surface area (Å²) < 4.78 is 32.0. The molecule has 2 bridgehead atoms. The highest BCUT2D eigenvalue weighted by Gasteiger charge is 2.56. The van der Waals surface area contributed by atoms with Gasteiger partial charge in [0.2, 0.25) is 5.75 Å². The maximum absolute atomic E-state index is 14.2. The molecule has 6 rings (SSSR count). The van der Waals surface area contributed by atoms with Crippen molar-refractivity contribution in [3.63, 3.8) is 0 Å². The van der Waals surface area contributed by atoms with E-state index in [1.54, 1.807) is 0 Å². The molecule has 0 saturated carbocycles. The van der Waals surface area contributed by atoms with Crippen molar-refractivity contribution in [2.75, 3.05) is 6.61 Å². The lowest BCUT2D eigenvalue weighted by molar-refractivity contribution is -0.288. The molecule has 0 unspecified atom stereocenters. The summed E-state index contributed by atoms with van der Waals surface area (Å²) in [5.74, 6) is -23.3. The quantitative estimate of drug-likeness (QED) is 0.0592. The predicted molar refractivity (Wildman–Crippen MR) is 172 cm³/mol. The minimum Gasteiger partial charge on any atom is -0.504 e. The SMILES string of the molecule is O=C(O)C[C@@H]1C(=O)O[C@H]2[C@H](OC(=O)c3cc(O)c(O)c(O)c3)[C@@H](OC(=O)c3cc(O)c(O)c4c3[C@H]1[C@H](O)C(=O)O4)[C@H](O)O[C@@H]2COC(=O)c1cc(O)c(O)c(O)c1. The molecular formula is C34H28O23. The molecule has 1 saturated heterocycles. The molecule has 0 spiro atoms. The number of rotatable bonds is 7. The molecule has 0 aliphatic carbocycles. The van der Waals surface area contributed by atoms with Crippen LogP contribution in [0.3, 0.4) is 0 Å². The first-order chi connectivity index (χ1) is 26.8. The first kappa shape index (κ1) is 39.5. The summed E-state index contributed by atoms with van der Waals surface area (Å²) >= 11 is 0. The van der Waals surface area contributed by atoms with Gasteiger partial charge in [0.1, 0.15) is 12.7 Å². The summed E-state index contributed by atoms with van der Waals surface area (Å²) in [5, 5.41) is 112. The Balaban J connectivity index is 1.49. The summed E-state index contributed by atoms with van der Waals surface area (Å²) in [6, 6.07) is 3.05. The molecule has 0 aromatic heterocycles. The van der Waals surface area contributed by atoms with Crippen molar-refractivity contribution >= 4 is 35.8 Å². The van der Waals surface area contributed by atoms with Crippen molar-refractivity contribution in [1.82, 2.24) is 0 Å². The number of fused-ring (bicyclic) bond motifs is 2. The molecule has 23 heteroatoms. The fourth-order valence-corrected chi connectivity index (χ4v) is 6.40. The number of carboxylic acid groups (broad SMARTS) is 1. The average Bonchev–Trinajstić information content (AvgIpc) is 3.15. The van der Waals surface area contributed by atoms with Crippen LogP contribution < -0.4 is 4.74 Å². The van der Waals surface area contributed by atoms with E-state index in [1.165, 1.54) is 0 Å². The lowest BCUT2D eigenvalue weighted by Gasteiger charge is -2.43. The van der Waals surface area contributed by atoms with E-state index in [0.29, 0.717) is 30.3 Å². The lowest BCUT2D eigenvalue weighted by Crippen LogP contribution is -2.62. The van der Waals surface area contributed by atoms with Crippen molar-refractivity contribution in [1.29, 1.82) is 0 Å². The third kappa shape index (κ3) is 7.19. The number of hydrogen-bond donors (Lipinski definition) is 11. The zero-order chi connectivity index (χ0) is 41.8. The van der Waals surface area contributed by atoms with E-state index in [2.05, 4.69) is 0 Å². The number of aliphatic hydroxyl groups is 2. The van der Waals surface area contributed by atoms with Gasteiger partial charge in [0.15, 0.2) is 76.7 Å². The first-order valence-corrected chi connectivity index (χ1v) is 16.1. The van der Waals surface area contributed by atoms with Gasteiger partial charge in [-0.15, -0.1) is 0 Å². The van der Waals surface area contributed by atoms with Crippen LogP contribution in [0.4, 0.5) is 0 Å². The summed E-state index contributed by atoms with van der Waals surface area (Å²) in [6.45, 7) is -1.11. The van der Waals surface area contributed by atoms with Crippen LogP contribution in [-0.2, 0) is 38.1 Å². The number of aliphatic hydroxyl groups excluding tert-OH is 2. The van der Waals surface area contributed by atoms with E-state index in [1.807, 2.05) is 0 Å². The van der Waals surface area contributed by atoms with Gasteiger partial charge in [-0.1, -0.05) is 0 Å². The molecule has 3 heterocycles. The zero-order valence-corrected chi connectivity index (χ0v) is 28.2. The van der Waals surface area contributed by atoms with Gasteiger partial charge in [-0.3, -0.25) is 9.59 Å². The molecule has 57 heavy (non-hydrogen) atoms. The highest BCUT2D eigenvalue weighted by Crippen LogP contribution is 2.51. The van der Waals surface area contributed by atoms with Gasteiger partial charge in [-0.05, 0) is 30.3 Å². The summed E-state index contributed by atoms with van der Waals surface area (Å²) in [7, 11) is 0. The standard InChI is InChI=1S/C34H28O23/c35-12-1-8(2-13(36)21(12)42)29(46)52-7-17-25-27(56-30(47)9-3-14(37)22(43)15(38)4-9)28(34(51)53-17)57-31(48)10-5-16(39)23(44)26-20(10)19(24(45)33(50)55-26)11(6-18(40)41)32(49)54-25/h1-5,11,17,19,24-25,27-28,34-39,42-45,51H,6-7H2,(H,40,41)/t11-,17+,19-,24-,25+,27-,28+,34+/m0/s1. The fourth-order valence-electron chi connectivity index (χ4n) is 6.40. The maximum Gasteiger partial charge on any atom is 0.341 e. The topological polar surface area (TPSA) is 380 Å². The molecule has 3 aliphatic heterocycles. The second kappa shape index (κ2) is 14.8.